The molecule has 0 fully saturated rings. The average Bonchev–Trinajstić information content (AvgIpc) is 2.88. The van der Waals surface area contributed by atoms with E-state index in [-0.39, 0.29) is 36.0 Å². The van der Waals surface area contributed by atoms with Gasteiger partial charge in [-0.3, -0.25) is 9.59 Å². The second kappa shape index (κ2) is 14.0. The molecule has 2 atom stereocenters. The van der Waals surface area contributed by atoms with E-state index in [0.29, 0.717) is 17.2 Å². The quantitative estimate of drug-likeness (QED) is 0.303. The Hall–Kier alpha value is -2.83. The first-order chi connectivity index (χ1) is 17.4. The van der Waals surface area contributed by atoms with Gasteiger partial charge in [0.1, 0.15) is 11.9 Å². The topological polar surface area (TPSA) is 49.4 Å². The monoisotopic (exact) mass is 526 g/mol. The lowest BCUT2D eigenvalue weighted by Gasteiger charge is -2.32. The van der Waals surface area contributed by atoms with Crippen LogP contribution in [0, 0.1) is 5.82 Å². The highest BCUT2D eigenvalue weighted by Gasteiger charge is 2.31. The molecule has 2 unspecified atom stereocenters. The van der Waals surface area contributed by atoms with E-state index in [0.717, 1.165) is 23.1 Å². The summed E-state index contributed by atoms with van der Waals surface area (Å²) in [5.74, 6) is 0.124. The summed E-state index contributed by atoms with van der Waals surface area (Å²) in [5, 5.41) is 3.62. The van der Waals surface area contributed by atoms with E-state index < -0.39 is 6.04 Å². The zero-order chi connectivity index (χ0) is 25.9. The maximum Gasteiger partial charge on any atom is 0.243 e. The van der Waals surface area contributed by atoms with Crippen LogP contribution >= 0.6 is 23.4 Å². The molecule has 0 saturated carbocycles. The first-order valence-electron chi connectivity index (χ1n) is 12.1. The van der Waals surface area contributed by atoms with E-state index in [2.05, 4.69) is 5.32 Å². The van der Waals surface area contributed by atoms with Crippen LogP contribution in [0.4, 0.5) is 4.39 Å². The van der Waals surface area contributed by atoms with Gasteiger partial charge >= 0.3 is 0 Å². The van der Waals surface area contributed by atoms with Crippen molar-refractivity contribution in [1.29, 1.82) is 0 Å². The lowest BCUT2D eigenvalue weighted by molar-refractivity contribution is -0.139. The Morgan fingerprint density at radius 1 is 0.972 bits per heavy atom. The Balaban J connectivity index is 1.86. The normalized spacial score (nSPS) is 12.6. The molecule has 3 aromatic carbocycles. The fourth-order valence-electron chi connectivity index (χ4n) is 3.72. The number of hydrogen-bond acceptors (Lipinski definition) is 3. The number of amides is 2. The zero-order valence-electron chi connectivity index (χ0n) is 20.6. The van der Waals surface area contributed by atoms with Crippen LogP contribution in [0.25, 0.3) is 0 Å². The van der Waals surface area contributed by atoms with Crippen LogP contribution in [0.1, 0.15) is 37.0 Å². The summed E-state index contributed by atoms with van der Waals surface area (Å²) in [6.07, 6.45) is 1.18. The third-order valence-electron chi connectivity index (χ3n) is 5.98. The van der Waals surface area contributed by atoms with Crippen molar-refractivity contribution in [2.75, 3.05) is 5.75 Å². The molecular weight excluding hydrogens is 495 g/mol. The van der Waals surface area contributed by atoms with E-state index in [1.807, 2.05) is 62.4 Å². The number of thioether (sulfide) groups is 1. The SMILES string of the molecule is CCC(C)NC(=O)C(Cc1ccccc1)N(Cc1ccccc1Cl)C(=O)CSCc1ccc(F)cc1. The summed E-state index contributed by atoms with van der Waals surface area (Å²) < 4.78 is 13.2. The van der Waals surface area contributed by atoms with Gasteiger partial charge in [0.2, 0.25) is 11.8 Å². The van der Waals surface area contributed by atoms with Gasteiger partial charge in [-0.1, -0.05) is 79.2 Å². The third-order valence-corrected chi connectivity index (χ3v) is 7.34. The van der Waals surface area contributed by atoms with Crippen LogP contribution in [0.3, 0.4) is 0 Å². The van der Waals surface area contributed by atoms with Crippen LogP contribution in [0.15, 0.2) is 78.9 Å². The molecule has 4 nitrogen and oxygen atoms in total. The average molecular weight is 527 g/mol. The highest BCUT2D eigenvalue weighted by atomic mass is 35.5. The number of carbonyl (C=O) groups is 2. The van der Waals surface area contributed by atoms with Crippen LogP contribution in [0.2, 0.25) is 5.02 Å². The van der Waals surface area contributed by atoms with Gasteiger partial charge in [-0.2, -0.15) is 0 Å². The van der Waals surface area contributed by atoms with Crippen molar-refractivity contribution in [3.8, 4) is 0 Å². The van der Waals surface area contributed by atoms with Gasteiger partial charge in [0, 0.05) is 29.8 Å². The van der Waals surface area contributed by atoms with Crippen LogP contribution in [-0.4, -0.2) is 34.6 Å². The molecule has 190 valence electrons. The zero-order valence-corrected chi connectivity index (χ0v) is 22.2. The van der Waals surface area contributed by atoms with Crippen molar-refractivity contribution in [3.63, 3.8) is 0 Å². The van der Waals surface area contributed by atoms with Crippen LogP contribution in [0.5, 0.6) is 0 Å². The Morgan fingerprint density at radius 3 is 2.31 bits per heavy atom. The fraction of sp³-hybridized carbons (Fsp3) is 0.310. The predicted molar refractivity (Wildman–Crippen MR) is 146 cm³/mol. The molecule has 1 N–H and O–H groups in total. The molecule has 7 heteroatoms. The molecule has 3 aromatic rings. The molecule has 3 rings (SSSR count). The van der Waals surface area contributed by atoms with Crippen LogP contribution in [-0.2, 0) is 28.3 Å². The maximum absolute atomic E-state index is 13.6. The van der Waals surface area contributed by atoms with Crippen molar-refractivity contribution in [3.05, 3.63) is 106 Å². The first-order valence-corrected chi connectivity index (χ1v) is 13.6. The minimum Gasteiger partial charge on any atom is -0.352 e. The molecule has 0 heterocycles. The van der Waals surface area contributed by atoms with Crippen LogP contribution < -0.4 is 5.32 Å². The van der Waals surface area contributed by atoms with Crippen molar-refractivity contribution in [1.82, 2.24) is 10.2 Å². The lowest BCUT2D eigenvalue weighted by Crippen LogP contribution is -2.52. The number of carbonyl (C=O) groups excluding carboxylic acids is 2. The number of rotatable bonds is 12. The second-order valence-corrected chi connectivity index (χ2v) is 10.1. The number of nitrogens with zero attached hydrogens (tertiary/aromatic N) is 1. The minimum atomic E-state index is -0.698. The van der Waals surface area contributed by atoms with E-state index >= 15 is 0 Å². The van der Waals surface area contributed by atoms with Gasteiger partial charge in [0.05, 0.1) is 5.75 Å². The Labute approximate surface area is 222 Å². The van der Waals surface area contributed by atoms with E-state index in [9.17, 15) is 14.0 Å². The first kappa shape index (κ1) is 27.8. The smallest absolute Gasteiger partial charge is 0.243 e. The summed E-state index contributed by atoms with van der Waals surface area (Å²) in [4.78, 5) is 28.7. The highest BCUT2D eigenvalue weighted by Crippen LogP contribution is 2.22. The van der Waals surface area contributed by atoms with E-state index in [1.165, 1.54) is 23.9 Å². The molecule has 36 heavy (non-hydrogen) atoms. The van der Waals surface area contributed by atoms with Gasteiger partial charge in [0.15, 0.2) is 0 Å². The van der Waals surface area contributed by atoms with E-state index in [1.54, 1.807) is 23.1 Å². The maximum atomic E-state index is 13.6. The Morgan fingerprint density at radius 2 is 1.64 bits per heavy atom. The molecule has 2 amide bonds. The molecule has 0 aliphatic heterocycles. The molecule has 0 aliphatic rings. The Kier molecular flexibility index (Phi) is 10.8. The van der Waals surface area contributed by atoms with Crippen molar-refractivity contribution >= 4 is 35.2 Å². The second-order valence-electron chi connectivity index (χ2n) is 8.76. The number of hydrogen-bond donors (Lipinski definition) is 1. The summed E-state index contributed by atoms with van der Waals surface area (Å²) >= 11 is 7.89. The Bertz CT molecular complexity index is 1130. The van der Waals surface area contributed by atoms with Gasteiger partial charge in [-0.15, -0.1) is 11.8 Å². The number of benzene rings is 3. The lowest BCUT2D eigenvalue weighted by atomic mass is 10.0. The van der Waals surface area contributed by atoms with Crippen molar-refractivity contribution < 1.29 is 14.0 Å². The fourth-order valence-corrected chi connectivity index (χ4v) is 4.79. The van der Waals surface area contributed by atoms with Gasteiger partial charge in [0.25, 0.3) is 0 Å². The largest absolute Gasteiger partial charge is 0.352 e. The summed E-state index contributed by atoms with van der Waals surface area (Å²) in [7, 11) is 0. The van der Waals surface area contributed by atoms with Gasteiger partial charge < -0.3 is 10.2 Å². The molecule has 0 aliphatic carbocycles. The van der Waals surface area contributed by atoms with Crippen molar-refractivity contribution in [2.24, 2.45) is 0 Å². The van der Waals surface area contributed by atoms with E-state index in [4.69, 9.17) is 11.6 Å². The standard InChI is InChI=1S/C29H32ClFN2O2S/c1-3-21(2)32-29(35)27(17-22-9-5-4-6-10-22)33(18-24-11-7-8-12-26(24)30)28(34)20-36-19-23-13-15-25(31)16-14-23/h4-16,21,27H,3,17-20H2,1-2H3,(H,32,35). The molecule has 0 saturated heterocycles. The van der Waals surface area contributed by atoms with Gasteiger partial charge in [-0.25, -0.2) is 4.39 Å². The predicted octanol–water partition coefficient (Wildman–Crippen LogP) is 6.27. The highest BCUT2D eigenvalue weighted by molar-refractivity contribution is 7.99. The summed E-state index contributed by atoms with van der Waals surface area (Å²) in [6.45, 7) is 4.19. The molecule has 0 radical (unpaired) electrons. The molecular formula is C29H32ClFN2O2S. The number of halogens is 2. The minimum absolute atomic E-state index is 0.0131. The molecule has 0 spiro atoms. The van der Waals surface area contributed by atoms with Crippen molar-refractivity contribution in [2.45, 2.75) is 51.1 Å². The number of nitrogens with one attached hydrogen (secondary N) is 1. The summed E-state index contributed by atoms with van der Waals surface area (Å²) in [6, 6.07) is 22.6. The third kappa shape index (κ3) is 8.38. The summed E-state index contributed by atoms with van der Waals surface area (Å²) in [5.41, 5.74) is 2.69. The molecule has 0 aromatic heterocycles. The molecule has 0 bridgehead atoms. The van der Waals surface area contributed by atoms with Gasteiger partial charge in [-0.05, 0) is 48.2 Å².